The van der Waals surface area contributed by atoms with Gasteiger partial charge >= 0.3 is 0 Å². The van der Waals surface area contributed by atoms with Gasteiger partial charge in [0.15, 0.2) is 5.16 Å². The quantitative estimate of drug-likeness (QED) is 0.431. The summed E-state index contributed by atoms with van der Waals surface area (Å²) in [5, 5.41) is 12.9. The van der Waals surface area contributed by atoms with Crippen LogP contribution in [0.25, 0.3) is 0 Å². The smallest absolute Gasteiger partial charge is 0.261 e. The van der Waals surface area contributed by atoms with Crippen LogP contribution in [0, 0.1) is 0 Å². The van der Waals surface area contributed by atoms with Gasteiger partial charge in [-0.1, -0.05) is 44.9 Å². The third-order valence-electron chi connectivity index (χ3n) is 5.45. The maximum Gasteiger partial charge on any atom is 0.261 e. The van der Waals surface area contributed by atoms with Crippen molar-refractivity contribution in [3.63, 3.8) is 0 Å². The van der Waals surface area contributed by atoms with Crippen molar-refractivity contribution in [2.75, 3.05) is 12.8 Å². The summed E-state index contributed by atoms with van der Waals surface area (Å²) in [6, 6.07) is 2.63. The number of rotatable bonds is 10. The molecule has 1 amide bonds. The number of nitrogens with zero attached hydrogens (tertiary/aromatic N) is 3. The van der Waals surface area contributed by atoms with Gasteiger partial charge < -0.3 is 9.88 Å². The molecule has 1 fully saturated rings. The van der Waals surface area contributed by atoms with Gasteiger partial charge in [0.25, 0.3) is 5.91 Å². The Balaban J connectivity index is 1.53. The molecule has 2 heterocycles. The van der Waals surface area contributed by atoms with Gasteiger partial charge in [0, 0.05) is 23.9 Å². The van der Waals surface area contributed by atoms with Crippen LogP contribution >= 0.6 is 23.1 Å². The van der Waals surface area contributed by atoms with Crippen LogP contribution < -0.4 is 5.32 Å². The number of aryl methyl sites for hydroxylation is 3. The summed E-state index contributed by atoms with van der Waals surface area (Å²) < 4.78 is 2.35. The summed E-state index contributed by atoms with van der Waals surface area (Å²) >= 11 is 3.33. The molecule has 0 bridgehead atoms. The molecule has 2 aromatic heterocycles. The van der Waals surface area contributed by atoms with E-state index in [1.165, 1.54) is 36.1 Å². The third kappa shape index (κ3) is 4.98. The molecule has 1 aliphatic carbocycles. The van der Waals surface area contributed by atoms with Crippen LogP contribution in [-0.2, 0) is 19.3 Å². The molecule has 154 valence electrons. The summed E-state index contributed by atoms with van der Waals surface area (Å²) in [5.41, 5.74) is 1.33. The highest BCUT2D eigenvalue weighted by atomic mass is 32.2. The van der Waals surface area contributed by atoms with E-state index < -0.39 is 0 Å². The fraction of sp³-hybridized carbons (Fsp3) is 0.667. The Hall–Kier alpha value is -1.34. The topological polar surface area (TPSA) is 59.8 Å². The number of carbonyl (C=O) groups excluding carboxylic acids is 1. The molecule has 0 radical (unpaired) electrons. The number of hydrogen-bond acceptors (Lipinski definition) is 5. The van der Waals surface area contributed by atoms with Crippen molar-refractivity contribution < 1.29 is 4.79 Å². The van der Waals surface area contributed by atoms with Gasteiger partial charge in [-0.25, -0.2) is 0 Å². The Labute approximate surface area is 176 Å². The zero-order chi connectivity index (χ0) is 19.9. The minimum atomic E-state index is 0.0594. The van der Waals surface area contributed by atoms with E-state index >= 15 is 0 Å². The molecule has 3 rings (SSSR count). The molecule has 1 N–H and O–H groups in total. The van der Waals surface area contributed by atoms with Gasteiger partial charge in [-0.3, -0.25) is 4.79 Å². The molecule has 0 aromatic carbocycles. The lowest BCUT2D eigenvalue weighted by Gasteiger charge is -2.16. The predicted octanol–water partition coefficient (Wildman–Crippen LogP) is 5.05. The van der Waals surface area contributed by atoms with Gasteiger partial charge in [-0.05, 0) is 50.0 Å². The summed E-state index contributed by atoms with van der Waals surface area (Å²) in [7, 11) is 0. The molecule has 0 saturated heterocycles. The first-order chi connectivity index (χ1) is 13.7. The summed E-state index contributed by atoms with van der Waals surface area (Å²) in [5.74, 6) is 1.13. The summed E-state index contributed by atoms with van der Waals surface area (Å²) in [6.07, 6.45) is 12.0. The van der Waals surface area contributed by atoms with Gasteiger partial charge in [-0.15, -0.1) is 21.5 Å². The number of amides is 1. The number of thiophene rings is 1. The number of aromatic nitrogens is 3. The van der Waals surface area contributed by atoms with E-state index in [1.54, 1.807) is 23.1 Å². The SMILES string of the molecule is CCCc1sc(C(=O)NCCCc2nnc(SC)n2C2CCCC2)cc1CC. The average Bonchev–Trinajstić information content (AvgIpc) is 3.43. The first-order valence-corrected chi connectivity index (χ1v) is 12.6. The van der Waals surface area contributed by atoms with Crippen LogP contribution in [0.2, 0.25) is 0 Å². The maximum atomic E-state index is 12.5. The van der Waals surface area contributed by atoms with Gasteiger partial charge in [0.2, 0.25) is 0 Å². The van der Waals surface area contributed by atoms with Gasteiger partial charge in [-0.2, -0.15) is 0 Å². The lowest BCUT2D eigenvalue weighted by atomic mass is 10.1. The van der Waals surface area contributed by atoms with Crippen LogP contribution in [0.5, 0.6) is 0 Å². The third-order valence-corrected chi connectivity index (χ3v) is 7.33. The Morgan fingerprint density at radius 1 is 1.29 bits per heavy atom. The molecule has 5 nitrogen and oxygen atoms in total. The molecule has 2 aromatic rings. The molecular formula is C21H32N4OS2. The Morgan fingerprint density at radius 2 is 2.07 bits per heavy atom. The standard InChI is InChI=1S/C21H32N4OS2/c1-4-9-17-15(5-2)14-18(28-17)20(26)22-13-8-12-19-23-24-21(27-3)25(19)16-10-6-7-11-16/h14,16H,4-13H2,1-3H3,(H,22,26). The lowest BCUT2D eigenvalue weighted by molar-refractivity contribution is 0.0957. The molecule has 0 aliphatic heterocycles. The highest BCUT2D eigenvalue weighted by molar-refractivity contribution is 7.98. The number of hydrogen-bond donors (Lipinski definition) is 1. The van der Waals surface area contributed by atoms with Crippen molar-refractivity contribution in [3.8, 4) is 0 Å². The highest BCUT2D eigenvalue weighted by Crippen LogP contribution is 2.33. The molecule has 0 unspecified atom stereocenters. The fourth-order valence-electron chi connectivity index (χ4n) is 4.00. The zero-order valence-corrected chi connectivity index (χ0v) is 18.9. The van der Waals surface area contributed by atoms with E-state index in [-0.39, 0.29) is 5.91 Å². The first kappa shape index (κ1) is 21.4. The first-order valence-electron chi connectivity index (χ1n) is 10.5. The Morgan fingerprint density at radius 3 is 2.75 bits per heavy atom. The normalized spacial score (nSPS) is 14.7. The molecule has 1 aliphatic rings. The van der Waals surface area contributed by atoms with Crippen LogP contribution in [0.3, 0.4) is 0 Å². The monoisotopic (exact) mass is 420 g/mol. The lowest BCUT2D eigenvalue weighted by Crippen LogP contribution is -2.24. The second kappa shape index (κ2) is 10.4. The number of thioether (sulfide) groups is 1. The van der Waals surface area contributed by atoms with Crippen LogP contribution in [-0.4, -0.2) is 33.5 Å². The summed E-state index contributed by atoms with van der Waals surface area (Å²) in [4.78, 5) is 14.7. The van der Waals surface area contributed by atoms with Crippen LogP contribution in [0.15, 0.2) is 11.2 Å². The minimum absolute atomic E-state index is 0.0594. The molecule has 0 spiro atoms. The van der Waals surface area contributed by atoms with Crippen molar-refractivity contribution in [3.05, 3.63) is 27.2 Å². The van der Waals surface area contributed by atoms with Crippen LogP contribution in [0.1, 0.15) is 84.4 Å². The maximum absolute atomic E-state index is 12.5. The van der Waals surface area contributed by atoms with Crippen LogP contribution in [0.4, 0.5) is 0 Å². The Bertz CT molecular complexity index is 777. The molecule has 28 heavy (non-hydrogen) atoms. The van der Waals surface area contributed by atoms with E-state index in [1.807, 2.05) is 0 Å². The number of carbonyl (C=O) groups is 1. The molecule has 1 saturated carbocycles. The van der Waals surface area contributed by atoms with E-state index in [0.29, 0.717) is 12.6 Å². The summed E-state index contributed by atoms with van der Waals surface area (Å²) in [6.45, 7) is 5.02. The van der Waals surface area contributed by atoms with Crippen molar-refractivity contribution in [2.45, 2.75) is 82.8 Å². The minimum Gasteiger partial charge on any atom is -0.351 e. The van der Waals surface area contributed by atoms with E-state index in [0.717, 1.165) is 48.0 Å². The largest absolute Gasteiger partial charge is 0.351 e. The molecule has 7 heteroatoms. The highest BCUT2D eigenvalue weighted by Gasteiger charge is 2.23. The fourth-order valence-corrected chi connectivity index (χ4v) is 5.84. The second-order valence-electron chi connectivity index (χ2n) is 7.43. The van der Waals surface area contributed by atoms with E-state index in [9.17, 15) is 4.79 Å². The van der Waals surface area contributed by atoms with Gasteiger partial charge in [0.05, 0.1) is 4.88 Å². The number of nitrogens with one attached hydrogen (secondary N) is 1. The van der Waals surface area contributed by atoms with Crippen molar-refractivity contribution in [1.29, 1.82) is 0 Å². The average molecular weight is 421 g/mol. The predicted molar refractivity (Wildman–Crippen MR) is 118 cm³/mol. The van der Waals surface area contributed by atoms with Crippen molar-refractivity contribution in [2.24, 2.45) is 0 Å². The van der Waals surface area contributed by atoms with E-state index in [2.05, 4.69) is 46.3 Å². The van der Waals surface area contributed by atoms with Crippen molar-refractivity contribution >= 4 is 29.0 Å². The van der Waals surface area contributed by atoms with Gasteiger partial charge in [0.1, 0.15) is 5.82 Å². The van der Waals surface area contributed by atoms with E-state index in [4.69, 9.17) is 0 Å². The Kier molecular flexibility index (Phi) is 7.97. The zero-order valence-electron chi connectivity index (χ0n) is 17.3. The van der Waals surface area contributed by atoms with Crippen molar-refractivity contribution in [1.82, 2.24) is 20.1 Å². The molecular weight excluding hydrogens is 388 g/mol. The molecule has 0 atom stereocenters. The second-order valence-corrected chi connectivity index (χ2v) is 9.34.